The number of carbonyl (C=O) groups is 5. The monoisotopic (exact) mass is 834 g/mol. The van der Waals surface area contributed by atoms with E-state index < -0.39 is 23.7 Å². The van der Waals surface area contributed by atoms with E-state index in [0.29, 0.717) is 76.9 Å². The highest BCUT2D eigenvalue weighted by atomic mass is 33.1. The number of hydrogen-bond donors (Lipinski definition) is 0. The Bertz CT molecular complexity index is 1640. The second kappa shape index (κ2) is 23.6. The average Bonchev–Trinajstić information content (AvgIpc) is 3.27. The minimum atomic E-state index is -0.563. The number of amides is 3. The van der Waals surface area contributed by atoms with E-state index in [0.717, 1.165) is 23.1 Å². The molecule has 2 heterocycles. The highest BCUT2D eigenvalue weighted by molar-refractivity contribution is 8.76. The van der Waals surface area contributed by atoms with Gasteiger partial charge in [-0.2, -0.15) is 0 Å². The van der Waals surface area contributed by atoms with Crippen LogP contribution < -0.4 is 0 Å². The fraction of sp³-hybridized carbons (Fsp3) is 0.465. The van der Waals surface area contributed by atoms with Crippen LogP contribution in [0.3, 0.4) is 0 Å². The quantitative estimate of drug-likeness (QED) is 0.0457. The van der Waals surface area contributed by atoms with E-state index in [-0.39, 0.29) is 44.5 Å². The van der Waals surface area contributed by atoms with Gasteiger partial charge in [0.25, 0.3) is 0 Å². The van der Waals surface area contributed by atoms with Crippen LogP contribution in [0.25, 0.3) is 0 Å². The van der Waals surface area contributed by atoms with Gasteiger partial charge in [0, 0.05) is 76.7 Å². The lowest BCUT2D eigenvalue weighted by Crippen LogP contribution is -2.57. The maximum Gasteiger partial charge on any atom is 0.409 e. The third kappa shape index (κ3) is 12.6. The van der Waals surface area contributed by atoms with Crippen LogP contribution in [0.4, 0.5) is 9.59 Å². The molecule has 0 saturated carbocycles. The minimum absolute atomic E-state index is 0.0174. The van der Waals surface area contributed by atoms with Gasteiger partial charge in [-0.1, -0.05) is 120 Å². The molecule has 0 radical (unpaired) electrons. The Balaban J connectivity index is 0.959. The van der Waals surface area contributed by atoms with Crippen LogP contribution in [-0.2, 0) is 38.9 Å². The standard InChI is InChI=1S/C43H54N4O9S2/c1-2-12-39(49)54-31-33-57-58-34-32-56-42(52)45-23-21-44(22-24-45)38(48)19-20-40(50)53-29-30-55-41(51)46-25-27-47(28-26-46)43(35-13-6-3-7-14-35,36-15-8-4-9-16-36)37-17-10-5-11-18-37/h3-11,13-18H,2,12,19-34H2,1H3. The first-order valence-electron chi connectivity index (χ1n) is 19.9. The maximum atomic E-state index is 13.1. The second-order valence-electron chi connectivity index (χ2n) is 13.7. The van der Waals surface area contributed by atoms with Gasteiger partial charge in [0.2, 0.25) is 5.91 Å². The van der Waals surface area contributed by atoms with E-state index in [1.807, 2.05) is 25.1 Å². The normalized spacial score (nSPS) is 14.7. The Morgan fingerprint density at radius 2 is 0.897 bits per heavy atom. The Morgan fingerprint density at radius 1 is 0.500 bits per heavy atom. The third-order valence-corrected chi connectivity index (χ3v) is 12.3. The molecule has 2 aliphatic heterocycles. The molecule has 15 heteroatoms. The van der Waals surface area contributed by atoms with Gasteiger partial charge < -0.3 is 33.6 Å². The number of benzene rings is 3. The van der Waals surface area contributed by atoms with Gasteiger partial charge in [0.1, 0.15) is 26.4 Å². The van der Waals surface area contributed by atoms with Crippen molar-refractivity contribution in [2.75, 3.05) is 90.3 Å². The molecule has 0 N–H and O–H groups in total. The summed E-state index contributed by atoms with van der Waals surface area (Å²) in [7, 11) is 3.10. The fourth-order valence-corrected chi connectivity index (χ4v) is 8.76. The molecular formula is C43H54N4O9S2. The molecule has 0 atom stereocenters. The van der Waals surface area contributed by atoms with Gasteiger partial charge in [-0.3, -0.25) is 19.3 Å². The highest BCUT2D eigenvalue weighted by Gasteiger charge is 2.43. The summed E-state index contributed by atoms with van der Waals surface area (Å²) in [5.41, 5.74) is 2.87. The average molecular weight is 835 g/mol. The first-order valence-corrected chi connectivity index (χ1v) is 22.4. The summed E-state index contributed by atoms with van der Waals surface area (Å²) in [6, 6.07) is 31.3. The van der Waals surface area contributed by atoms with Crippen molar-refractivity contribution in [3.8, 4) is 0 Å². The largest absolute Gasteiger partial charge is 0.465 e. The summed E-state index contributed by atoms with van der Waals surface area (Å²) >= 11 is 0. The number of piperazine rings is 2. The molecule has 5 rings (SSSR count). The van der Waals surface area contributed by atoms with Crippen LogP contribution in [0.1, 0.15) is 49.3 Å². The summed E-state index contributed by atoms with van der Waals surface area (Å²) in [4.78, 5) is 69.3. The zero-order valence-electron chi connectivity index (χ0n) is 33.2. The number of hydrogen-bond acceptors (Lipinski definition) is 12. The van der Waals surface area contributed by atoms with E-state index >= 15 is 0 Å². The lowest BCUT2D eigenvalue weighted by atomic mass is 9.75. The van der Waals surface area contributed by atoms with Crippen LogP contribution in [0.2, 0.25) is 0 Å². The second-order valence-corrected chi connectivity index (χ2v) is 16.4. The SMILES string of the molecule is CCCC(=O)OCCSSCCOC(=O)N1CCN(C(=O)CCC(=O)OCCOC(=O)N2CCN(C(c3ccccc3)(c3ccccc3)c3ccccc3)CC2)CC1. The van der Waals surface area contributed by atoms with Gasteiger partial charge in [0.15, 0.2) is 0 Å². The first-order chi connectivity index (χ1) is 28.3. The lowest BCUT2D eigenvalue weighted by molar-refractivity contribution is -0.147. The van der Waals surface area contributed by atoms with E-state index in [1.54, 1.807) is 36.3 Å². The Morgan fingerprint density at radius 3 is 1.40 bits per heavy atom. The smallest absolute Gasteiger partial charge is 0.409 e. The number of nitrogens with zero attached hydrogens (tertiary/aromatic N) is 4. The predicted octanol–water partition coefficient (Wildman–Crippen LogP) is 6.06. The molecule has 3 aromatic rings. The molecule has 2 aliphatic rings. The molecule has 312 valence electrons. The summed E-state index contributed by atoms with van der Waals surface area (Å²) in [6.07, 6.45) is 0.193. The molecular weight excluding hydrogens is 781 g/mol. The molecule has 0 aromatic heterocycles. The third-order valence-electron chi connectivity index (χ3n) is 9.95. The minimum Gasteiger partial charge on any atom is -0.465 e. The summed E-state index contributed by atoms with van der Waals surface area (Å²) in [5.74, 6) is 0.344. The van der Waals surface area contributed by atoms with Crippen LogP contribution in [-0.4, -0.2) is 140 Å². The predicted molar refractivity (Wildman–Crippen MR) is 224 cm³/mol. The van der Waals surface area contributed by atoms with Gasteiger partial charge in [-0.05, 0) is 23.1 Å². The zero-order valence-corrected chi connectivity index (χ0v) is 34.8. The van der Waals surface area contributed by atoms with Crippen LogP contribution >= 0.6 is 21.6 Å². The Labute approximate surface area is 349 Å². The van der Waals surface area contributed by atoms with E-state index in [1.165, 1.54) is 0 Å². The molecule has 0 aliphatic carbocycles. The molecule has 2 fully saturated rings. The maximum absolute atomic E-state index is 13.1. The van der Waals surface area contributed by atoms with Crippen LogP contribution in [0.15, 0.2) is 91.0 Å². The number of esters is 2. The van der Waals surface area contributed by atoms with Crippen molar-refractivity contribution in [2.24, 2.45) is 0 Å². The molecule has 3 amide bonds. The summed E-state index contributed by atoms with van der Waals surface area (Å²) in [6.45, 7) is 5.86. The summed E-state index contributed by atoms with van der Waals surface area (Å²) in [5, 5.41) is 0. The van der Waals surface area contributed by atoms with Crippen LogP contribution in [0.5, 0.6) is 0 Å². The van der Waals surface area contributed by atoms with Crippen molar-refractivity contribution >= 4 is 51.6 Å². The van der Waals surface area contributed by atoms with Crippen molar-refractivity contribution in [3.63, 3.8) is 0 Å². The van der Waals surface area contributed by atoms with E-state index in [2.05, 4.69) is 77.7 Å². The lowest BCUT2D eigenvalue weighted by Gasteiger charge is -2.48. The molecule has 58 heavy (non-hydrogen) atoms. The van der Waals surface area contributed by atoms with Gasteiger partial charge in [-0.15, -0.1) is 0 Å². The van der Waals surface area contributed by atoms with Gasteiger partial charge in [0.05, 0.1) is 12.0 Å². The molecule has 3 aromatic carbocycles. The number of carbonyl (C=O) groups excluding carboxylic acids is 5. The number of ether oxygens (including phenoxy) is 4. The Hall–Kier alpha value is -4.73. The van der Waals surface area contributed by atoms with Crippen molar-refractivity contribution in [1.82, 2.24) is 19.6 Å². The van der Waals surface area contributed by atoms with Crippen molar-refractivity contribution in [2.45, 2.75) is 38.1 Å². The molecule has 0 bridgehead atoms. The van der Waals surface area contributed by atoms with Gasteiger partial charge in [-0.25, -0.2) is 9.59 Å². The van der Waals surface area contributed by atoms with E-state index in [4.69, 9.17) is 18.9 Å². The summed E-state index contributed by atoms with van der Waals surface area (Å²) < 4.78 is 21.2. The number of rotatable bonds is 19. The van der Waals surface area contributed by atoms with Crippen molar-refractivity contribution in [3.05, 3.63) is 108 Å². The molecule has 0 spiro atoms. The highest BCUT2D eigenvalue weighted by Crippen LogP contribution is 2.42. The topological polar surface area (TPSA) is 135 Å². The van der Waals surface area contributed by atoms with Crippen molar-refractivity contribution in [1.29, 1.82) is 0 Å². The molecule has 13 nitrogen and oxygen atoms in total. The fourth-order valence-electron chi connectivity index (χ4n) is 7.10. The Kier molecular flexibility index (Phi) is 18.1. The van der Waals surface area contributed by atoms with Crippen LogP contribution in [0, 0.1) is 0 Å². The molecule has 2 saturated heterocycles. The zero-order chi connectivity index (χ0) is 41.0. The van der Waals surface area contributed by atoms with Crippen molar-refractivity contribution < 1.29 is 42.9 Å². The van der Waals surface area contributed by atoms with Gasteiger partial charge >= 0.3 is 24.1 Å². The molecule has 0 unspecified atom stereocenters. The van der Waals surface area contributed by atoms with E-state index in [9.17, 15) is 24.0 Å². The first kappa shape index (κ1) is 44.4.